The maximum atomic E-state index is 11.4. The molecule has 2 aromatic rings. The van der Waals surface area contributed by atoms with E-state index < -0.39 is 0 Å². The van der Waals surface area contributed by atoms with Crippen LogP contribution in [0.3, 0.4) is 0 Å². The summed E-state index contributed by atoms with van der Waals surface area (Å²) in [4.78, 5) is 13.4. The van der Waals surface area contributed by atoms with Crippen LogP contribution in [0.25, 0.3) is 11.5 Å². The third-order valence-electron chi connectivity index (χ3n) is 3.76. The summed E-state index contributed by atoms with van der Waals surface area (Å²) in [5.41, 5.74) is 7.45. The van der Waals surface area contributed by atoms with E-state index in [4.69, 9.17) is 10.2 Å². The molecule has 1 aliphatic heterocycles. The highest BCUT2D eigenvalue weighted by molar-refractivity contribution is 5.80. The molecule has 1 atom stereocenters. The zero-order chi connectivity index (χ0) is 14.8. The van der Waals surface area contributed by atoms with Gasteiger partial charge in [-0.2, -0.15) is 0 Å². The summed E-state index contributed by atoms with van der Waals surface area (Å²) >= 11 is 0. The Balaban J connectivity index is 1.75. The minimum Gasteiger partial charge on any atom is -0.419 e. The SMILES string of the molecule is Cc1cccc(-c2nnc(CN3CCC[C@@H]3C(N)=O)o2)c1. The highest BCUT2D eigenvalue weighted by Gasteiger charge is 2.30. The molecule has 6 heteroatoms. The minimum absolute atomic E-state index is 0.223. The predicted octanol–water partition coefficient (Wildman–Crippen LogP) is 1.49. The molecule has 0 spiro atoms. The maximum Gasteiger partial charge on any atom is 0.247 e. The molecule has 110 valence electrons. The lowest BCUT2D eigenvalue weighted by Crippen LogP contribution is -2.39. The molecule has 0 bridgehead atoms. The molecular weight excluding hydrogens is 268 g/mol. The van der Waals surface area contributed by atoms with Crippen LogP contribution < -0.4 is 5.73 Å². The van der Waals surface area contributed by atoms with Crippen LogP contribution in [-0.2, 0) is 11.3 Å². The van der Waals surface area contributed by atoms with Gasteiger partial charge in [0.15, 0.2) is 0 Å². The number of nitrogens with two attached hydrogens (primary N) is 1. The maximum absolute atomic E-state index is 11.4. The number of aromatic nitrogens is 2. The molecule has 1 amide bonds. The van der Waals surface area contributed by atoms with E-state index in [-0.39, 0.29) is 11.9 Å². The Morgan fingerprint density at radius 1 is 1.48 bits per heavy atom. The topological polar surface area (TPSA) is 85.3 Å². The van der Waals surface area contributed by atoms with E-state index in [0.717, 1.165) is 30.5 Å². The number of hydrogen-bond donors (Lipinski definition) is 1. The lowest BCUT2D eigenvalue weighted by Gasteiger charge is -2.19. The van der Waals surface area contributed by atoms with E-state index in [1.54, 1.807) is 0 Å². The van der Waals surface area contributed by atoms with Crippen molar-refractivity contribution in [3.8, 4) is 11.5 Å². The van der Waals surface area contributed by atoms with Crippen molar-refractivity contribution in [3.63, 3.8) is 0 Å². The van der Waals surface area contributed by atoms with E-state index in [2.05, 4.69) is 10.2 Å². The van der Waals surface area contributed by atoms with E-state index in [9.17, 15) is 4.79 Å². The van der Waals surface area contributed by atoms with E-state index >= 15 is 0 Å². The van der Waals surface area contributed by atoms with Crippen LogP contribution in [-0.4, -0.2) is 33.6 Å². The second-order valence-electron chi connectivity index (χ2n) is 5.40. The molecule has 0 radical (unpaired) electrons. The molecule has 2 heterocycles. The molecule has 1 saturated heterocycles. The quantitative estimate of drug-likeness (QED) is 0.920. The molecule has 1 aromatic heterocycles. The zero-order valence-electron chi connectivity index (χ0n) is 12.0. The summed E-state index contributed by atoms with van der Waals surface area (Å²) in [5, 5.41) is 8.15. The fourth-order valence-electron chi connectivity index (χ4n) is 2.72. The number of amides is 1. The predicted molar refractivity (Wildman–Crippen MR) is 77.1 cm³/mol. The molecule has 3 rings (SSSR count). The molecule has 1 aliphatic rings. The second kappa shape index (κ2) is 5.65. The normalized spacial score (nSPS) is 19.0. The molecule has 0 aliphatic carbocycles. The number of benzene rings is 1. The number of carbonyl (C=O) groups excluding carboxylic acids is 1. The molecule has 6 nitrogen and oxygen atoms in total. The summed E-state index contributed by atoms with van der Waals surface area (Å²) in [7, 11) is 0. The fraction of sp³-hybridized carbons (Fsp3) is 0.400. The summed E-state index contributed by atoms with van der Waals surface area (Å²) < 4.78 is 5.70. The first kappa shape index (κ1) is 13.8. The van der Waals surface area contributed by atoms with Crippen LogP contribution in [0.2, 0.25) is 0 Å². The van der Waals surface area contributed by atoms with Gasteiger partial charge < -0.3 is 10.2 Å². The van der Waals surface area contributed by atoms with Crippen LogP contribution in [0.15, 0.2) is 28.7 Å². The average Bonchev–Trinajstić information content (AvgIpc) is 3.08. The van der Waals surface area contributed by atoms with Gasteiger partial charge in [0.25, 0.3) is 0 Å². The van der Waals surface area contributed by atoms with Gasteiger partial charge in [0.05, 0.1) is 12.6 Å². The minimum atomic E-state index is -0.286. The third kappa shape index (κ3) is 2.95. The van der Waals surface area contributed by atoms with Crippen molar-refractivity contribution in [1.82, 2.24) is 15.1 Å². The highest BCUT2D eigenvalue weighted by atomic mass is 16.4. The first-order valence-electron chi connectivity index (χ1n) is 7.06. The fourth-order valence-corrected chi connectivity index (χ4v) is 2.72. The van der Waals surface area contributed by atoms with Crippen molar-refractivity contribution in [2.24, 2.45) is 5.73 Å². The first-order chi connectivity index (χ1) is 10.1. The Morgan fingerprint density at radius 3 is 3.10 bits per heavy atom. The molecule has 1 fully saturated rings. The standard InChI is InChI=1S/C15H18N4O2/c1-10-4-2-5-11(8-10)15-18-17-13(21-15)9-19-7-3-6-12(19)14(16)20/h2,4-5,8,12H,3,6-7,9H2,1H3,(H2,16,20)/t12-/m1/s1. The Labute approximate surface area is 123 Å². The Bertz CT molecular complexity index is 653. The summed E-state index contributed by atoms with van der Waals surface area (Å²) in [6.07, 6.45) is 1.76. The second-order valence-corrected chi connectivity index (χ2v) is 5.40. The van der Waals surface area contributed by atoms with Gasteiger partial charge in [-0.05, 0) is 38.4 Å². The van der Waals surface area contributed by atoms with Crippen LogP contribution in [0.5, 0.6) is 0 Å². The smallest absolute Gasteiger partial charge is 0.247 e. The van der Waals surface area contributed by atoms with E-state index in [0.29, 0.717) is 18.3 Å². The average molecular weight is 286 g/mol. The number of nitrogens with zero attached hydrogens (tertiary/aromatic N) is 3. The monoisotopic (exact) mass is 286 g/mol. The number of carbonyl (C=O) groups is 1. The van der Waals surface area contributed by atoms with Gasteiger partial charge in [-0.15, -0.1) is 10.2 Å². The Morgan fingerprint density at radius 2 is 2.33 bits per heavy atom. The molecule has 0 unspecified atom stereocenters. The largest absolute Gasteiger partial charge is 0.419 e. The number of primary amides is 1. The Kier molecular flexibility index (Phi) is 3.70. The molecule has 0 saturated carbocycles. The number of aryl methyl sites for hydroxylation is 1. The first-order valence-corrected chi connectivity index (χ1v) is 7.06. The summed E-state index contributed by atoms with van der Waals surface area (Å²) in [5.74, 6) is 0.731. The van der Waals surface area contributed by atoms with E-state index in [1.165, 1.54) is 0 Å². The molecular formula is C15H18N4O2. The third-order valence-corrected chi connectivity index (χ3v) is 3.76. The van der Waals surface area contributed by atoms with Crippen LogP contribution in [0, 0.1) is 6.92 Å². The van der Waals surface area contributed by atoms with Crippen molar-refractivity contribution in [2.75, 3.05) is 6.54 Å². The van der Waals surface area contributed by atoms with Gasteiger partial charge in [-0.1, -0.05) is 17.7 Å². The van der Waals surface area contributed by atoms with Crippen molar-refractivity contribution in [3.05, 3.63) is 35.7 Å². The number of hydrogen-bond acceptors (Lipinski definition) is 5. The van der Waals surface area contributed by atoms with Gasteiger partial charge in [0, 0.05) is 5.56 Å². The van der Waals surface area contributed by atoms with Crippen molar-refractivity contribution in [2.45, 2.75) is 32.4 Å². The summed E-state index contributed by atoms with van der Waals surface area (Å²) in [6.45, 7) is 3.31. The van der Waals surface area contributed by atoms with E-state index in [1.807, 2.05) is 36.1 Å². The number of rotatable bonds is 4. The molecule has 2 N–H and O–H groups in total. The molecule has 21 heavy (non-hydrogen) atoms. The lowest BCUT2D eigenvalue weighted by molar-refractivity contribution is -0.122. The van der Waals surface area contributed by atoms with Crippen LogP contribution in [0.4, 0.5) is 0 Å². The van der Waals surface area contributed by atoms with Crippen molar-refractivity contribution < 1.29 is 9.21 Å². The highest BCUT2D eigenvalue weighted by Crippen LogP contribution is 2.22. The van der Waals surface area contributed by atoms with Gasteiger partial charge in [-0.25, -0.2) is 0 Å². The lowest BCUT2D eigenvalue weighted by atomic mass is 10.1. The van der Waals surface area contributed by atoms with Crippen molar-refractivity contribution in [1.29, 1.82) is 0 Å². The zero-order valence-corrected chi connectivity index (χ0v) is 12.0. The van der Waals surface area contributed by atoms with Crippen LogP contribution in [0.1, 0.15) is 24.3 Å². The molecule has 1 aromatic carbocycles. The van der Waals surface area contributed by atoms with Gasteiger partial charge >= 0.3 is 0 Å². The number of likely N-dealkylation sites (tertiary alicyclic amines) is 1. The Hall–Kier alpha value is -2.21. The van der Waals surface area contributed by atoms with Crippen LogP contribution >= 0.6 is 0 Å². The van der Waals surface area contributed by atoms with Gasteiger partial charge in [0.1, 0.15) is 0 Å². The van der Waals surface area contributed by atoms with Gasteiger partial charge in [-0.3, -0.25) is 9.69 Å². The van der Waals surface area contributed by atoms with Gasteiger partial charge in [0.2, 0.25) is 17.7 Å². The summed E-state index contributed by atoms with van der Waals surface area (Å²) in [6, 6.07) is 7.69. The van der Waals surface area contributed by atoms with Crippen molar-refractivity contribution >= 4 is 5.91 Å².